The third-order valence-electron chi connectivity index (χ3n) is 3.31. The Kier molecular flexibility index (Phi) is 7.04. The summed E-state index contributed by atoms with van der Waals surface area (Å²) in [6.07, 6.45) is 0.525. The molecule has 0 unspecified atom stereocenters. The number of hydrogen-bond acceptors (Lipinski definition) is 3. The third-order valence-corrected chi connectivity index (χ3v) is 3.55. The van der Waals surface area contributed by atoms with Crippen LogP contribution in [0.5, 0.6) is 0 Å². The highest BCUT2D eigenvalue weighted by molar-refractivity contribution is 6.30. The Hall–Kier alpha value is -0.390. The Bertz CT molecular complexity index is 400. The summed E-state index contributed by atoms with van der Waals surface area (Å²) < 4.78 is 13.9. The Morgan fingerprint density at radius 2 is 2.05 bits per heavy atom. The Morgan fingerprint density at radius 1 is 1.37 bits per heavy atom. The number of hydrogen-bond donors (Lipinski definition) is 2. The first-order valence-electron chi connectivity index (χ1n) is 6.23. The molecule has 19 heavy (non-hydrogen) atoms. The van der Waals surface area contributed by atoms with Gasteiger partial charge in [0.1, 0.15) is 5.82 Å². The highest BCUT2D eigenvalue weighted by Crippen LogP contribution is 2.28. The molecule has 1 aromatic rings. The fraction of sp³-hybridized carbons (Fsp3) is 0.538. The minimum Gasteiger partial charge on any atom is -0.396 e. The SMILES string of the molecule is Cl.OCC[C@@H](c1cc(Cl)ccc1F)N1CCNCC1. The zero-order valence-electron chi connectivity index (χ0n) is 10.6. The van der Waals surface area contributed by atoms with Gasteiger partial charge in [0.25, 0.3) is 0 Å². The summed E-state index contributed by atoms with van der Waals surface area (Å²) in [5, 5.41) is 13.0. The molecule has 1 aliphatic rings. The first kappa shape index (κ1) is 16.7. The zero-order valence-corrected chi connectivity index (χ0v) is 12.2. The van der Waals surface area contributed by atoms with E-state index >= 15 is 0 Å². The van der Waals surface area contributed by atoms with Crippen LogP contribution < -0.4 is 5.32 Å². The number of piperazine rings is 1. The van der Waals surface area contributed by atoms with Crippen LogP contribution in [0.25, 0.3) is 0 Å². The molecule has 0 saturated carbocycles. The van der Waals surface area contributed by atoms with Gasteiger partial charge in [-0.1, -0.05) is 11.6 Å². The molecule has 1 saturated heterocycles. The summed E-state index contributed by atoms with van der Waals surface area (Å²) in [4.78, 5) is 2.20. The molecule has 0 aromatic heterocycles. The van der Waals surface area contributed by atoms with Gasteiger partial charge in [-0.05, 0) is 24.6 Å². The minimum atomic E-state index is -0.253. The molecule has 3 nitrogen and oxygen atoms in total. The maximum Gasteiger partial charge on any atom is 0.128 e. The van der Waals surface area contributed by atoms with Gasteiger partial charge < -0.3 is 10.4 Å². The molecule has 108 valence electrons. The predicted molar refractivity (Wildman–Crippen MR) is 77.5 cm³/mol. The molecular weight excluding hydrogens is 290 g/mol. The highest BCUT2D eigenvalue weighted by atomic mass is 35.5. The van der Waals surface area contributed by atoms with Crippen molar-refractivity contribution in [1.29, 1.82) is 0 Å². The number of halogens is 3. The van der Waals surface area contributed by atoms with Gasteiger partial charge in [-0.25, -0.2) is 4.39 Å². The van der Waals surface area contributed by atoms with Crippen molar-refractivity contribution < 1.29 is 9.50 Å². The molecule has 2 N–H and O–H groups in total. The molecule has 6 heteroatoms. The Balaban J connectivity index is 0.00000180. The van der Waals surface area contributed by atoms with E-state index in [4.69, 9.17) is 11.6 Å². The van der Waals surface area contributed by atoms with Gasteiger partial charge in [-0.15, -0.1) is 12.4 Å². The maximum absolute atomic E-state index is 13.9. The molecule has 0 amide bonds. The number of aliphatic hydroxyl groups excluding tert-OH is 1. The molecular formula is C13H19Cl2FN2O. The highest BCUT2D eigenvalue weighted by Gasteiger charge is 2.24. The monoisotopic (exact) mass is 308 g/mol. The van der Waals surface area contributed by atoms with Gasteiger partial charge in [-0.3, -0.25) is 4.90 Å². The molecule has 1 aliphatic heterocycles. The zero-order chi connectivity index (χ0) is 13.0. The molecule has 2 rings (SSSR count). The number of aliphatic hydroxyl groups is 1. The second-order valence-electron chi connectivity index (χ2n) is 4.48. The lowest BCUT2D eigenvalue weighted by molar-refractivity contribution is 0.138. The van der Waals surface area contributed by atoms with Crippen LogP contribution in [0.4, 0.5) is 4.39 Å². The topological polar surface area (TPSA) is 35.5 Å². The van der Waals surface area contributed by atoms with Crippen LogP contribution in [0.2, 0.25) is 5.02 Å². The lowest BCUT2D eigenvalue weighted by atomic mass is 10.0. The smallest absolute Gasteiger partial charge is 0.128 e. The molecule has 1 aromatic carbocycles. The van der Waals surface area contributed by atoms with E-state index in [2.05, 4.69) is 10.2 Å². The summed E-state index contributed by atoms with van der Waals surface area (Å²) >= 11 is 5.94. The molecule has 0 radical (unpaired) electrons. The summed E-state index contributed by atoms with van der Waals surface area (Å²) in [6, 6.07) is 4.51. The lowest BCUT2D eigenvalue weighted by Gasteiger charge is -2.35. The normalized spacial score (nSPS) is 17.8. The molecule has 0 bridgehead atoms. The fourth-order valence-electron chi connectivity index (χ4n) is 2.42. The lowest BCUT2D eigenvalue weighted by Crippen LogP contribution is -2.45. The average molecular weight is 309 g/mol. The van der Waals surface area contributed by atoms with Gasteiger partial charge in [0.2, 0.25) is 0 Å². The standard InChI is InChI=1S/C13H18ClFN2O.ClH/c14-10-1-2-12(15)11(9-10)13(3-8-18)17-6-4-16-5-7-17;/h1-2,9,13,16,18H,3-8H2;1H/t13-;/m0./s1. The molecule has 0 aliphatic carbocycles. The van der Waals surface area contributed by atoms with Crippen molar-refractivity contribution in [3.05, 3.63) is 34.6 Å². The molecule has 1 heterocycles. The van der Waals surface area contributed by atoms with E-state index in [-0.39, 0.29) is 30.9 Å². The van der Waals surface area contributed by atoms with Crippen molar-refractivity contribution in [2.24, 2.45) is 0 Å². The van der Waals surface area contributed by atoms with Gasteiger partial charge in [-0.2, -0.15) is 0 Å². The predicted octanol–water partition coefficient (Wildman–Crippen LogP) is 2.23. The molecule has 1 atom stereocenters. The van der Waals surface area contributed by atoms with Crippen molar-refractivity contribution in [2.75, 3.05) is 32.8 Å². The van der Waals surface area contributed by atoms with Crippen molar-refractivity contribution in [1.82, 2.24) is 10.2 Å². The van der Waals surface area contributed by atoms with E-state index in [1.54, 1.807) is 12.1 Å². The van der Waals surface area contributed by atoms with E-state index in [1.807, 2.05) is 0 Å². The molecule has 1 fully saturated rings. The quantitative estimate of drug-likeness (QED) is 0.895. The van der Waals surface area contributed by atoms with Crippen molar-refractivity contribution in [3.63, 3.8) is 0 Å². The minimum absolute atomic E-state index is 0. The Morgan fingerprint density at radius 3 is 2.68 bits per heavy atom. The Labute approximate surface area is 124 Å². The van der Waals surface area contributed by atoms with E-state index in [1.165, 1.54) is 6.07 Å². The summed E-state index contributed by atoms with van der Waals surface area (Å²) in [5.74, 6) is -0.253. The fourth-order valence-corrected chi connectivity index (χ4v) is 2.60. The number of nitrogens with one attached hydrogen (secondary N) is 1. The van der Waals surface area contributed by atoms with Crippen molar-refractivity contribution >= 4 is 24.0 Å². The summed E-state index contributed by atoms with van der Waals surface area (Å²) in [5.41, 5.74) is 0.582. The maximum atomic E-state index is 13.9. The number of benzene rings is 1. The number of rotatable bonds is 4. The summed E-state index contributed by atoms with van der Waals surface area (Å²) in [6.45, 7) is 3.54. The van der Waals surface area contributed by atoms with E-state index in [0.29, 0.717) is 17.0 Å². The largest absolute Gasteiger partial charge is 0.396 e. The van der Waals surface area contributed by atoms with Crippen LogP contribution in [0.15, 0.2) is 18.2 Å². The van der Waals surface area contributed by atoms with Crippen LogP contribution in [-0.2, 0) is 0 Å². The van der Waals surface area contributed by atoms with E-state index in [0.717, 1.165) is 26.2 Å². The third kappa shape index (κ3) is 4.29. The first-order chi connectivity index (χ1) is 8.72. The van der Waals surface area contributed by atoms with E-state index < -0.39 is 0 Å². The molecule has 0 spiro atoms. The average Bonchev–Trinajstić information content (AvgIpc) is 2.40. The van der Waals surface area contributed by atoms with Crippen LogP contribution in [0, 0.1) is 5.82 Å². The van der Waals surface area contributed by atoms with Gasteiger partial charge in [0.15, 0.2) is 0 Å². The number of nitrogens with zero attached hydrogens (tertiary/aromatic N) is 1. The van der Waals surface area contributed by atoms with E-state index in [9.17, 15) is 9.50 Å². The van der Waals surface area contributed by atoms with Crippen LogP contribution in [0.1, 0.15) is 18.0 Å². The van der Waals surface area contributed by atoms with Gasteiger partial charge >= 0.3 is 0 Å². The van der Waals surface area contributed by atoms with Crippen LogP contribution in [-0.4, -0.2) is 42.8 Å². The summed E-state index contributed by atoms with van der Waals surface area (Å²) in [7, 11) is 0. The van der Waals surface area contributed by atoms with Gasteiger partial charge in [0.05, 0.1) is 0 Å². The first-order valence-corrected chi connectivity index (χ1v) is 6.60. The van der Waals surface area contributed by atoms with Crippen LogP contribution in [0.3, 0.4) is 0 Å². The van der Waals surface area contributed by atoms with Crippen molar-refractivity contribution in [3.8, 4) is 0 Å². The van der Waals surface area contributed by atoms with Crippen molar-refractivity contribution in [2.45, 2.75) is 12.5 Å². The second-order valence-corrected chi connectivity index (χ2v) is 4.92. The van der Waals surface area contributed by atoms with Gasteiger partial charge in [0, 0.05) is 49.4 Å². The second kappa shape index (κ2) is 8.02. The van der Waals surface area contributed by atoms with Crippen LogP contribution >= 0.6 is 24.0 Å².